The second-order valence-electron chi connectivity index (χ2n) is 5.46. The summed E-state index contributed by atoms with van der Waals surface area (Å²) in [5.41, 5.74) is 1.05. The molecule has 5 heteroatoms. The van der Waals surface area contributed by atoms with Crippen LogP contribution in [0.4, 0.5) is 0 Å². The van der Waals surface area contributed by atoms with Crippen molar-refractivity contribution >= 4 is 23.6 Å². The lowest BCUT2D eigenvalue weighted by molar-refractivity contribution is -0.145. The molecule has 1 aromatic carbocycles. The minimum absolute atomic E-state index is 0.0308. The van der Waals surface area contributed by atoms with Gasteiger partial charge in [0, 0.05) is 17.2 Å². The number of aliphatic carboxylic acids is 1. The lowest BCUT2D eigenvalue weighted by atomic mass is 9.99. The number of carboxylic acid groups (broad SMARTS) is 1. The minimum Gasteiger partial charge on any atom is -0.480 e. The molecule has 106 valence electrons. The molecule has 3 rings (SSSR count). The Labute approximate surface area is 122 Å². The Hall–Kier alpha value is -1.49. The third-order valence-electron chi connectivity index (χ3n) is 3.81. The highest BCUT2D eigenvalue weighted by Crippen LogP contribution is 2.40. The number of nitrogens with zero attached hydrogens (tertiary/aromatic N) is 1. The van der Waals surface area contributed by atoms with Gasteiger partial charge in [0.2, 0.25) is 5.91 Å². The third-order valence-corrected chi connectivity index (χ3v) is 4.99. The zero-order valence-corrected chi connectivity index (χ0v) is 11.9. The topological polar surface area (TPSA) is 57.6 Å². The Morgan fingerprint density at radius 3 is 2.75 bits per heavy atom. The Morgan fingerprint density at radius 2 is 2.05 bits per heavy atom. The Balaban J connectivity index is 1.77. The average Bonchev–Trinajstić information content (AvgIpc) is 3.14. The second kappa shape index (κ2) is 5.48. The van der Waals surface area contributed by atoms with Crippen LogP contribution in [-0.2, 0) is 9.59 Å². The maximum Gasteiger partial charge on any atom is 0.323 e. The van der Waals surface area contributed by atoms with Gasteiger partial charge in [-0.3, -0.25) is 9.59 Å². The van der Waals surface area contributed by atoms with Crippen molar-refractivity contribution in [3.8, 4) is 0 Å². The first kappa shape index (κ1) is 13.5. The molecule has 1 saturated carbocycles. The van der Waals surface area contributed by atoms with E-state index in [1.54, 1.807) is 11.8 Å². The van der Waals surface area contributed by atoms with E-state index >= 15 is 0 Å². The molecule has 0 saturated heterocycles. The average molecular weight is 291 g/mol. The highest BCUT2D eigenvalue weighted by Gasteiger charge is 2.35. The normalized spacial score (nSPS) is 20.5. The van der Waals surface area contributed by atoms with Gasteiger partial charge in [-0.1, -0.05) is 18.2 Å². The molecule has 1 aromatic rings. The monoisotopic (exact) mass is 291 g/mol. The van der Waals surface area contributed by atoms with Crippen molar-refractivity contribution in [3.05, 3.63) is 29.8 Å². The SMILES string of the molecule is O=C(O)CN(CC1CC1)C(=O)C1CSc2ccccc21. The molecule has 1 atom stereocenters. The summed E-state index contributed by atoms with van der Waals surface area (Å²) in [4.78, 5) is 26.3. The van der Waals surface area contributed by atoms with Gasteiger partial charge in [0.15, 0.2) is 0 Å². The van der Waals surface area contributed by atoms with E-state index in [9.17, 15) is 9.59 Å². The van der Waals surface area contributed by atoms with Crippen molar-refractivity contribution in [2.24, 2.45) is 5.92 Å². The molecular weight excluding hydrogens is 274 g/mol. The van der Waals surface area contributed by atoms with Crippen LogP contribution >= 0.6 is 11.8 Å². The molecule has 0 spiro atoms. The smallest absolute Gasteiger partial charge is 0.323 e. The molecule has 1 N–H and O–H groups in total. The molecule has 0 bridgehead atoms. The first-order chi connectivity index (χ1) is 9.65. The van der Waals surface area contributed by atoms with E-state index in [0.717, 1.165) is 29.1 Å². The number of fused-ring (bicyclic) bond motifs is 1. The van der Waals surface area contributed by atoms with Gasteiger partial charge < -0.3 is 10.0 Å². The summed E-state index contributed by atoms with van der Waals surface area (Å²) in [6.07, 6.45) is 2.22. The van der Waals surface area contributed by atoms with Crippen molar-refractivity contribution in [2.75, 3.05) is 18.8 Å². The van der Waals surface area contributed by atoms with E-state index in [2.05, 4.69) is 0 Å². The number of benzene rings is 1. The number of carboxylic acids is 1. The number of amides is 1. The maximum absolute atomic E-state index is 12.7. The quantitative estimate of drug-likeness (QED) is 0.903. The fourth-order valence-corrected chi connectivity index (χ4v) is 3.82. The van der Waals surface area contributed by atoms with E-state index in [-0.39, 0.29) is 18.4 Å². The van der Waals surface area contributed by atoms with Crippen LogP contribution in [0.25, 0.3) is 0 Å². The molecule has 4 nitrogen and oxygen atoms in total. The Kier molecular flexibility index (Phi) is 3.70. The van der Waals surface area contributed by atoms with Gasteiger partial charge in [-0.05, 0) is 30.4 Å². The summed E-state index contributed by atoms with van der Waals surface area (Å²) in [5, 5.41) is 9.01. The molecule has 1 amide bonds. The summed E-state index contributed by atoms with van der Waals surface area (Å²) in [5.74, 6) is 0.0745. The van der Waals surface area contributed by atoms with Crippen molar-refractivity contribution in [3.63, 3.8) is 0 Å². The zero-order valence-electron chi connectivity index (χ0n) is 11.1. The van der Waals surface area contributed by atoms with Crippen LogP contribution in [-0.4, -0.2) is 40.7 Å². The van der Waals surface area contributed by atoms with Gasteiger partial charge in [0.25, 0.3) is 0 Å². The van der Waals surface area contributed by atoms with Gasteiger partial charge in [-0.15, -0.1) is 11.8 Å². The lowest BCUT2D eigenvalue weighted by Crippen LogP contribution is -2.40. The molecule has 0 aromatic heterocycles. The molecule has 0 radical (unpaired) electrons. The highest BCUT2D eigenvalue weighted by atomic mass is 32.2. The fraction of sp³-hybridized carbons (Fsp3) is 0.467. The Morgan fingerprint density at radius 1 is 1.30 bits per heavy atom. The number of thioether (sulfide) groups is 1. The molecule has 1 heterocycles. The van der Waals surface area contributed by atoms with E-state index in [1.165, 1.54) is 4.90 Å². The van der Waals surface area contributed by atoms with Crippen LogP contribution in [0.15, 0.2) is 29.2 Å². The minimum atomic E-state index is -0.932. The van der Waals surface area contributed by atoms with Crippen LogP contribution in [0.5, 0.6) is 0 Å². The molecule has 1 aliphatic heterocycles. The third kappa shape index (κ3) is 2.82. The van der Waals surface area contributed by atoms with E-state index < -0.39 is 5.97 Å². The van der Waals surface area contributed by atoms with E-state index in [1.807, 2.05) is 24.3 Å². The number of hydrogen-bond acceptors (Lipinski definition) is 3. The van der Waals surface area contributed by atoms with E-state index in [4.69, 9.17) is 5.11 Å². The molecule has 1 fully saturated rings. The van der Waals surface area contributed by atoms with Crippen LogP contribution < -0.4 is 0 Å². The number of carbonyl (C=O) groups excluding carboxylic acids is 1. The largest absolute Gasteiger partial charge is 0.480 e. The van der Waals surface area contributed by atoms with Crippen LogP contribution in [0.2, 0.25) is 0 Å². The molecule has 1 aliphatic carbocycles. The van der Waals surface area contributed by atoms with Crippen molar-refractivity contribution in [1.82, 2.24) is 4.90 Å². The first-order valence-corrected chi connectivity index (χ1v) is 7.86. The summed E-state index contributed by atoms with van der Waals surface area (Å²) in [6, 6.07) is 7.91. The van der Waals surface area contributed by atoms with E-state index in [0.29, 0.717) is 12.5 Å². The molecule has 1 unspecified atom stereocenters. The summed E-state index contributed by atoms with van der Waals surface area (Å²) < 4.78 is 0. The standard InChI is InChI=1S/C15H17NO3S/c17-14(18)8-16(7-10-5-6-10)15(19)12-9-20-13-4-2-1-3-11(12)13/h1-4,10,12H,5-9H2,(H,17,18). The van der Waals surface area contributed by atoms with Gasteiger partial charge in [-0.2, -0.15) is 0 Å². The molecular formula is C15H17NO3S. The van der Waals surface area contributed by atoms with Gasteiger partial charge in [-0.25, -0.2) is 0 Å². The molecule has 2 aliphatic rings. The van der Waals surface area contributed by atoms with Crippen molar-refractivity contribution in [1.29, 1.82) is 0 Å². The number of hydrogen-bond donors (Lipinski definition) is 1. The zero-order chi connectivity index (χ0) is 14.1. The predicted molar refractivity (Wildman–Crippen MR) is 76.8 cm³/mol. The van der Waals surface area contributed by atoms with Crippen LogP contribution in [0.3, 0.4) is 0 Å². The van der Waals surface area contributed by atoms with Gasteiger partial charge in [0.1, 0.15) is 6.54 Å². The van der Waals surface area contributed by atoms with Crippen molar-refractivity contribution < 1.29 is 14.7 Å². The van der Waals surface area contributed by atoms with Gasteiger partial charge >= 0.3 is 5.97 Å². The highest BCUT2D eigenvalue weighted by molar-refractivity contribution is 7.99. The predicted octanol–water partition coefficient (Wildman–Crippen LogP) is 2.20. The summed E-state index contributed by atoms with van der Waals surface area (Å²) >= 11 is 1.68. The summed E-state index contributed by atoms with van der Waals surface area (Å²) in [6.45, 7) is 0.410. The first-order valence-electron chi connectivity index (χ1n) is 6.87. The van der Waals surface area contributed by atoms with Crippen molar-refractivity contribution in [2.45, 2.75) is 23.7 Å². The fourth-order valence-electron chi connectivity index (χ4n) is 2.60. The van der Waals surface area contributed by atoms with Crippen LogP contribution in [0, 0.1) is 5.92 Å². The maximum atomic E-state index is 12.7. The lowest BCUT2D eigenvalue weighted by Gasteiger charge is -2.24. The molecule has 20 heavy (non-hydrogen) atoms. The Bertz CT molecular complexity index is 542. The second-order valence-corrected chi connectivity index (χ2v) is 6.52. The summed E-state index contributed by atoms with van der Waals surface area (Å²) in [7, 11) is 0. The van der Waals surface area contributed by atoms with Crippen LogP contribution in [0.1, 0.15) is 24.3 Å². The van der Waals surface area contributed by atoms with Gasteiger partial charge in [0.05, 0.1) is 5.92 Å². The number of rotatable bonds is 5. The number of carbonyl (C=O) groups is 2.